The van der Waals surface area contributed by atoms with E-state index in [1.54, 1.807) is 12.1 Å². The van der Waals surface area contributed by atoms with Crippen LogP contribution in [0, 0.1) is 11.7 Å². The Balaban J connectivity index is 2.08. The summed E-state index contributed by atoms with van der Waals surface area (Å²) in [5.74, 6) is -0.104. The van der Waals surface area contributed by atoms with Gasteiger partial charge in [-0.25, -0.2) is 4.39 Å². The van der Waals surface area contributed by atoms with Gasteiger partial charge in [0.1, 0.15) is 5.82 Å². The lowest BCUT2D eigenvalue weighted by Crippen LogP contribution is -2.34. The predicted octanol–water partition coefficient (Wildman–Crippen LogP) is 2.37. The maximum atomic E-state index is 13.6. The largest absolute Gasteiger partial charge is 0.399 e. The molecule has 0 aromatic heterocycles. The van der Waals surface area contributed by atoms with Crippen molar-refractivity contribution in [3.8, 4) is 0 Å². The van der Waals surface area contributed by atoms with Crippen molar-refractivity contribution < 1.29 is 9.50 Å². The van der Waals surface area contributed by atoms with Gasteiger partial charge in [-0.2, -0.15) is 0 Å². The fraction of sp³-hybridized carbons (Fsp3) is 0.538. The standard InChI is InChI=1S/C13H19FN2O/c14-11-7-10(15)5-6-13(11)16-12-4-2-1-3-9(12)8-17/h5-7,9,12,16-17H,1-4,8,15H2. The van der Waals surface area contributed by atoms with Gasteiger partial charge < -0.3 is 16.2 Å². The van der Waals surface area contributed by atoms with E-state index in [-0.39, 0.29) is 24.4 Å². The van der Waals surface area contributed by atoms with Crippen LogP contribution in [0.5, 0.6) is 0 Å². The summed E-state index contributed by atoms with van der Waals surface area (Å²) in [5, 5.41) is 12.5. The van der Waals surface area contributed by atoms with E-state index in [9.17, 15) is 9.50 Å². The van der Waals surface area contributed by atoms with Crippen molar-refractivity contribution in [2.45, 2.75) is 31.7 Å². The molecule has 0 amide bonds. The Hall–Kier alpha value is -1.29. The zero-order valence-corrected chi connectivity index (χ0v) is 9.82. The van der Waals surface area contributed by atoms with Crippen LogP contribution in [0.15, 0.2) is 18.2 Å². The second kappa shape index (κ2) is 5.36. The summed E-state index contributed by atoms with van der Waals surface area (Å²) in [6.07, 6.45) is 4.26. The molecule has 0 spiro atoms. The highest BCUT2D eigenvalue weighted by Gasteiger charge is 2.24. The lowest BCUT2D eigenvalue weighted by molar-refractivity contribution is 0.178. The van der Waals surface area contributed by atoms with Gasteiger partial charge in [0, 0.05) is 24.3 Å². The van der Waals surface area contributed by atoms with Crippen LogP contribution in [0.4, 0.5) is 15.8 Å². The minimum Gasteiger partial charge on any atom is -0.399 e. The van der Waals surface area contributed by atoms with Gasteiger partial charge in [-0.05, 0) is 31.0 Å². The quantitative estimate of drug-likeness (QED) is 0.708. The summed E-state index contributed by atoms with van der Waals surface area (Å²) < 4.78 is 13.6. The van der Waals surface area contributed by atoms with E-state index < -0.39 is 0 Å². The SMILES string of the molecule is Nc1ccc(NC2CCCCC2CO)c(F)c1. The highest BCUT2D eigenvalue weighted by molar-refractivity contribution is 5.53. The molecule has 0 heterocycles. The Morgan fingerprint density at radius 2 is 2.12 bits per heavy atom. The second-order valence-corrected chi connectivity index (χ2v) is 4.72. The fourth-order valence-electron chi connectivity index (χ4n) is 2.46. The third-order valence-electron chi connectivity index (χ3n) is 3.48. The molecular weight excluding hydrogens is 219 g/mol. The monoisotopic (exact) mass is 238 g/mol. The summed E-state index contributed by atoms with van der Waals surface area (Å²) in [6, 6.07) is 4.82. The molecule has 4 N–H and O–H groups in total. The number of nitrogen functional groups attached to an aromatic ring is 1. The molecule has 1 aliphatic carbocycles. The maximum Gasteiger partial charge on any atom is 0.148 e. The van der Waals surface area contributed by atoms with Gasteiger partial charge >= 0.3 is 0 Å². The van der Waals surface area contributed by atoms with Crippen LogP contribution in [0.2, 0.25) is 0 Å². The Morgan fingerprint density at radius 1 is 1.35 bits per heavy atom. The van der Waals surface area contributed by atoms with Crippen LogP contribution in [-0.4, -0.2) is 17.8 Å². The van der Waals surface area contributed by atoms with Gasteiger partial charge in [0.15, 0.2) is 0 Å². The van der Waals surface area contributed by atoms with Crippen molar-refractivity contribution in [3.05, 3.63) is 24.0 Å². The summed E-state index contributed by atoms with van der Waals surface area (Å²) >= 11 is 0. The average Bonchev–Trinajstić information content (AvgIpc) is 2.33. The van der Waals surface area contributed by atoms with Gasteiger partial charge in [-0.3, -0.25) is 0 Å². The molecule has 4 heteroatoms. The summed E-state index contributed by atoms with van der Waals surface area (Å²) in [4.78, 5) is 0. The molecule has 1 aliphatic rings. The first-order chi connectivity index (χ1) is 8.20. The molecule has 0 radical (unpaired) electrons. The van der Waals surface area contributed by atoms with Crippen molar-refractivity contribution in [1.29, 1.82) is 0 Å². The van der Waals surface area contributed by atoms with Gasteiger partial charge in [-0.15, -0.1) is 0 Å². The normalized spacial score (nSPS) is 24.6. The number of anilines is 2. The zero-order chi connectivity index (χ0) is 12.3. The second-order valence-electron chi connectivity index (χ2n) is 4.72. The first-order valence-electron chi connectivity index (χ1n) is 6.13. The number of hydrogen-bond donors (Lipinski definition) is 3. The summed E-state index contributed by atoms with van der Waals surface area (Å²) in [6.45, 7) is 0.161. The third-order valence-corrected chi connectivity index (χ3v) is 3.48. The first kappa shape index (κ1) is 12.2. The molecule has 2 rings (SSSR count). The average molecular weight is 238 g/mol. The minimum atomic E-state index is -0.327. The molecule has 17 heavy (non-hydrogen) atoms. The molecule has 0 saturated heterocycles. The highest BCUT2D eigenvalue weighted by atomic mass is 19.1. The molecule has 3 nitrogen and oxygen atoms in total. The lowest BCUT2D eigenvalue weighted by atomic mass is 9.85. The van der Waals surface area contributed by atoms with E-state index in [1.807, 2.05) is 0 Å². The van der Waals surface area contributed by atoms with E-state index in [2.05, 4.69) is 5.32 Å². The van der Waals surface area contributed by atoms with Gasteiger partial charge in [0.05, 0.1) is 5.69 Å². The summed E-state index contributed by atoms with van der Waals surface area (Å²) in [5.41, 5.74) is 6.41. The number of nitrogens with one attached hydrogen (secondary N) is 1. The lowest BCUT2D eigenvalue weighted by Gasteiger charge is -2.31. The number of aliphatic hydroxyl groups excluding tert-OH is 1. The molecule has 1 aromatic carbocycles. The molecule has 94 valence electrons. The van der Waals surface area contributed by atoms with Crippen molar-refractivity contribution in [2.24, 2.45) is 5.92 Å². The third kappa shape index (κ3) is 2.88. The van der Waals surface area contributed by atoms with Crippen molar-refractivity contribution in [3.63, 3.8) is 0 Å². The van der Waals surface area contributed by atoms with Gasteiger partial charge in [0.25, 0.3) is 0 Å². The van der Waals surface area contributed by atoms with Gasteiger partial charge in [0.2, 0.25) is 0 Å². The highest BCUT2D eigenvalue weighted by Crippen LogP contribution is 2.28. The zero-order valence-electron chi connectivity index (χ0n) is 9.82. The first-order valence-corrected chi connectivity index (χ1v) is 6.13. The van der Waals surface area contributed by atoms with E-state index >= 15 is 0 Å². The van der Waals surface area contributed by atoms with Gasteiger partial charge in [-0.1, -0.05) is 12.8 Å². The van der Waals surface area contributed by atoms with E-state index in [0.717, 1.165) is 25.7 Å². The number of halogens is 1. The number of nitrogens with two attached hydrogens (primary N) is 1. The van der Waals surface area contributed by atoms with Crippen LogP contribution in [0.25, 0.3) is 0 Å². The molecule has 1 aromatic rings. The Bertz CT molecular complexity index is 384. The molecule has 2 atom stereocenters. The molecule has 0 bridgehead atoms. The Morgan fingerprint density at radius 3 is 2.82 bits per heavy atom. The molecule has 1 fully saturated rings. The van der Waals surface area contributed by atoms with Crippen molar-refractivity contribution in [2.75, 3.05) is 17.7 Å². The van der Waals surface area contributed by atoms with E-state index in [4.69, 9.17) is 5.73 Å². The molecule has 0 aliphatic heterocycles. The maximum absolute atomic E-state index is 13.6. The predicted molar refractivity (Wildman–Crippen MR) is 67.3 cm³/mol. The van der Waals surface area contributed by atoms with Crippen LogP contribution in [0.3, 0.4) is 0 Å². The molecular formula is C13H19FN2O. The van der Waals surface area contributed by atoms with E-state index in [0.29, 0.717) is 11.4 Å². The molecule has 1 saturated carbocycles. The van der Waals surface area contributed by atoms with Crippen molar-refractivity contribution >= 4 is 11.4 Å². The molecule has 2 unspecified atom stereocenters. The van der Waals surface area contributed by atoms with E-state index in [1.165, 1.54) is 6.07 Å². The van der Waals surface area contributed by atoms with Crippen LogP contribution in [0.1, 0.15) is 25.7 Å². The Kier molecular flexibility index (Phi) is 3.84. The smallest absolute Gasteiger partial charge is 0.148 e. The minimum absolute atomic E-state index is 0.159. The van der Waals surface area contributed by atoms with Crippen molar-refractivity contribution in [1.82, 2.24) is 0 Å². The number of rotatable bonds is 3. The number of hydrogen-bond acceptors (Lipinski definition) is 3. The van der Waals surface area contributed by atoms with Crippen LogP contribution < -0.4 is 11.1 Å². The topological polar surface area (TPSA) is 58.3 Å². The number of benzene rings is 1. The Labute approximate surface area is 101 Å². The van der Waals surface area contributed by atoms with Crippen LogP contribution in [-0.2, 0) is 0 Å². The fourth-order valence-corrected chi connectivity index (χ4v) is 2.46. The van der Waals surface area contributed by atoms with Crippen LogP contribution >= 0.6 is 0 Å². The summed E-state index contributed by atoms with van der Waals surface area (Å²) in [7, 11) is 0. The number of aliphatic hydroxyl groups is 1.